The Kier molecular flexibility index (Phi) is 18.8. The molecule has 0 spiro atoms. The third-order valence-electron chi connectivity index (χ3n) is 6.83. The van der Waals surface area contributed by atoms with Crippen molar-refractivity contribution in [2.75, 3.05) is 40.3 Å². The van der Waals surface area contributed by atoms with Gasteiger partial charge in [0.25, 0.3) is 0 Å². The molecule has 0 amide bonds. The van der Waals surface area contributed by atoms with E-state index in [1.807, 2.05) is 39.8 Å². The van der Waals surface area contributed by atoms with Crippen molar-refractivity contribution in [2.45, 2.75) is 70.7 Å². The van der Waals surface area contributed by atoms with Gasteiger partial charge in [-0.3, -0.25) is 0 Å². The largest absolute Gasteiger partial charge is 1.00 e. The number of aliphatic hydroxyl groups is 1. The van der Waals surface area contributed by atoms with Crippen LogP contribution in [0.15, 0.2) is 82.1 Å². The number of dihydropyridines is 1. The standard InChI is InChI=1S/C27H32ClFN5OS.2C2H6.CH4O.K/c1-16-14-34(15-17(2)35-16)27-9-20(29)8-24(32-27)25-5-4-18-12-30-22(11-26(18)33(25)3)13-31-21-6-19(28)7-23(36)10-21;3*1-2;/h4-11,16-17,24,26,30,32,36H,12-15H2,1-3H3;2*1-2H3;2H,1H3;/q-1;;;;+1. The van der Waals surface area contributed by atoms with Crippen molar-refractivity contribution in [3.05, 3.63) is 87.5 Å². The summed E-state index contributed by atoms with van der Waals surface area (Å²) in [5.74, 6) is 0.576. The van der Waals surface area contributed by atoms with Crippen LogP contribution in [0.5, 0.6) is 0 Å². The second-order valence-electron chi connectivity index (χ2n) is 9.78. The third kappa shape index (κ3) is 11.4. The van der Waals surface area contributed by atoms with Crippen molar-refractivity contribution in [1.82, 2.24) is 20.4 Å². The number of likely N-dealkylation sites (N-methyl/N-ethyl adjacent to an activating group) is 1. The summed E-state index contributed by atoms with van der Waals surface area (Å²) in [7, 11) is 3.06. The van der Waals surface area contributed by atoms with Crippen molar-refractivity contribution in [1.29, 1.82) is 0 Å². The summed E-state index contributed by atoms with van der Waals surface area (Å²) in [5, 5.41) is 19.3. The molecule has 4 atom stereocenters. The minimum absolute atomic E-state index is 0. The molecule has 5 rings (SSSR count). The van der Waals surface area contributed by atoms with E-state index < -0.39 is 0 Å². The van der Waals surface area contributed by atoms with Gasteiger partial charge in [0.15, 0.2) is 0 Å². The maximum Gasteiger partial charge on any atom is 1.00 e. The van der Waals surface area contributed by atoms with Crippen LogP contribution in [-0.4, -0.2) is 79.5 Å². The predicted molar refractivity (Wildman–Crippen MR) is 177 cm³/mol. The number of halogens is 2. The topological polar surface area (TPSA) is 74.1 Å². The molecule has 3 N–H and O–H groups in total. The van der Waals surface area contributed by atoms with E-state index in [0.29, 0.717) is 11.6 Å². The number of nitrogens with zero attached hydrogens (tertiary/aromatic N) is 3. The molecule has 0 aliphatic carbocycles. The van der Waals surface area contributed by atoms with Gasteiger partial charge in [0.05, 0.1) is 24.3 Å². The zero-order valence-corrected chi connectivity index (χ0v) is 31.9. The van der Waals surface area contributed by atoms with Crippen LogP contribution in [0, 0.1) is 0 Å². The maximum absolute atomic E-state index is 14.8. The van der Waals surface area contributed by atoms with Gasteiger partial charge in [-0.25, -0.2) is 4.39 Å². The summed E-state index contributed by atoms with van der Waals surface area (Å²) in [6, 6.07) is 5.33. The number of hydrogen-bond acceptors (Lipinski definition) is 7. The van der Waals surface area contributed by atoms with Crippen LogP contribution in [0.4, 0.5) is 10.1 Å². The Morgan fingerprint density at radius 1 is 1.07 bits per heavy atom. The molecule has 7 nitrogen and oxygen atoms in total. The van der Waals surface area contributed by atoms with Gasteiger partial charge in [0, 0.05) is 55.5 Å². The van der Waals surface area contributed by atoms with E-state index in [-0.39, 0.29) is 81.5 Å². The molecule has 11 heteroatoms. The first kappa shape index (κ1) is 40.1. The molecule has 0 radical (unpaired) electrons. The van der Waals surface area contributed by atoms with Gasteiger partial charge in [0.1, 0.15) is 11.6 Å². The Balaban J connectivity index is 0.00000124. The van der Waals surface area contributed by atoms with Crippen LogP contribution in [0.3, 0.4) is 0 Å². The quantitative estimate of drug-likeness (QED) is 0.286. The fraction of sp³-hybridized carbons (Fsp3) is 0.500. The molecule has 0 bridgehead atoms. The normalized spacial score (nSPS) is 23.9. The van der Waals surface area contributed by atoms with Gasteiger partial charge in [-0.2, -0.15) is 0 Å². The average molecular weight is 660 g/mol. The summed E-state index contributed by atoms with van der Waals surface area (Å²) in [6.07, 6.45) is 9.86. The fourth-order valence-corrected chi connectivity index (χ4v) is 5.80. The smallest absolute Gasteiger partial charge is 0.679 e. The molecule has 1 saturated heterocycles. The fourth-order valence-electron chi connectivity index (χ4n) is 5.22. The van der Waals surface area contributed by atoms with Crippen LogP contribution >= 0.6 is 24.2 Å². The average Bonchev–Trinajstić information content (AvgIpc) is 2.98. The minimum atomic E-state index is -0.266. The Labute approximate surface area is 311 Å². The van der Waals surface area contributed by atoms with Crippen molar-refractivity contribution >= 4 is 29.9 Å². The number of morpholine rings is 1. The molecule has 4 heterocycles. The predicted octanol–water partition coefficient (Wildman–Crippen LogP) is 3.69. The number of rotatable bonds is 5. The van der Waals surface area contributed by atoms with Crippen LogP contribution < -0.4 is 62.0 Å². The minimum Gasteiger partial charge on any atom is -0.679 e. The van der Waals surface area contributed by atoms with Crippen LogP contribution in [0.25, 0.3) is 5.32 Å². The van der Waals surface area contributed by atoms with Gasteiger partial charge >= 0.3 is 51.4 Å². The monoisotopic (exact) mass is 659 g/mol. The summed E-state index contributed by atoms with van der Waals surface area (Å²) in [4.78, 5) is 5.18. The Morgan fingerprint density at radius 3 is 2.35 bits per heavy atom. The molecule has 234 valence electrons. The van der Waals surface area contributed by atoms with Gasteiger partial charge in [-0.05, 0) is 49.4 Å². The molecule has 4 aliphatic rings. The molecule has 0 aromatic heterocycles. The van der Waals surface area contributed by atoms with Crippen molar-refractivity contribution in [3.63, 3.8) is 0 Å². The summed E-state index contributed by atoms with van der Waals surface area (Å²) in [6.45, 7) is 14.8. The van der Waals surface area contributed by atoms with Crippen molar-refractivity contribution in [3.8, 4) is 0 Å². The van der Waals surface area contributed by atoms with E-state index >= 15 is 0 Å². The second kappa shape index (κ2) is 20.2. The molecule has 4 unspecified atom stereocenters. The number of aliphatic hydroxyl groups excluding tert-OH is 1. The number of allylic oxidation sites excluding steroid dienone is 4. The molecular weight excluding hydrogens is 612 g/mol. The van der Waals surface area contributed by atoms with E-state index in [4.69, 9.17) is 26.8 Å². The summed E-state index contributed by atoms with van der Waals surface area (Å²) >= 11 is 10.5. The van der Waals surface area contributed by atoms with E-state index in [2.05, 4.69) is 72.2 Å². The van der Waals surface area contributed by atoms with Crippen molar-refractivity contribution < 1.29 is 65.6 Å². The number of thiol groups is 1. The Morgan fingerprint density at radius 2 is 1.72 bits per heavy atom. The molecule has 4 aliphatic heterocycles. The van der Waals surface area contributed by atoms with Gasteiger partial charge in [0.2, 0.25) is 0 Å². The Hall–Kier alpha value is -0.954. The molecule has 0 saturated carbocycles. The van der Waals surface area contributed by atoms with Crippen LogP contribution in [-0.2, 0) is 4.74 Å². The molecule has 43 heavy (non-hydrogen) atoms. The first-order chi connectivity index (χ1) is 20.2. The van der Waals surface area contributed by atoms with Gasteiger partial charge in [-0.15, -0.1) is 18.3 Å². The van der Waals surface area contributed by atoms with E-state index in [1.165, 1.54) is 5.57 Å². The number of nitrogens with one attached hydrogen (secondary N) is 2. The first-order valence-electron chi connectivity index (χ1n) is 14.7. The van der Waals surface area contributed by atoms with Crippen LogP contribution in [0.1, 0.15) is 41.5 Å². The summed E-state index contributed by atoms with van der Waals surface area (Å²) < 4.78 is 20.7. The first-order valence-corrected chi connectivity index (χ1v) is 15.5. The van der Waals surface area contributed by atoms with E-state index in [1.54, 1.807) is 18.2 Å². The number of benzene rings is 1. The number of hydrogen-bond donors (Lipinski definition) is 4. The molecule has 1 aromatic rings. The third-order valence-corrected chi connectivity index (χ3v) is 7.31. The van der Waals surface area contributed by atoms with E-state index in [9.17, 15) is 4.39 Å². The van der Waals surface area contributed by atoms with E-state index in [0.717, 1.165) is 54.5 Å². The zero-order valence-electron chi connectivity index (χ0n) is 27.2. The SMILES string of the molecule is CC.CC.CC1CN(C2=CC(F)=CC(C3=CC=C4CNC(C[N-]c5cc(S)cc(Cl)c5)=CC4N3C)N2)CC(C)O1.CO.[K+]. The molecular formula is C32H48ClFKN5O2S. The Bertz CT molecular complexity index is 1160. The molecule has 1 fully saturated rings. The summed E-state index contributed by atoms with van der Waals surface area (Å²) in [5.41, 5.74) is 4.12. The van der Waals surface area contributed by atoms with Crippen LogP contribution in [0.2, 0.25) is 5.02 Å². The number of fused-ring (bicyclic) bond motifs is 1. The maximum atomic E-state index is 14.8. The second-order valence-corrected chi connectivity index (χ2v) is 10.7. The van der Waals surface area contributed by atoms with Crippen molar-refractivity contribution in [2.24, 2.45) is 0 Å². The number of ether oxygens (including phenoxy) is 1. The van der Waals surface area contributed by atoms with Gasteiger partial charge in [-0.1, -0.05) is 64.0 Å². The zero-order chi connectivity index (χ0) is 31.4. The van der Waals surface area contributed by atoms with Gasteiger partial charge < -0.3 is 35.6 Å². The molecule has 1 aromatic carbocycles.